The van der Waals surface area contributed by atoms with Crippen LogP contribution in [0.3, 0.4) is 0 Å². The molecule has 0 atom stereocenters. The Morgan fingerprint density at radius 3 is 2.84 bits per heavy atom. The minimum atomic E-state index is -0.385. The van der Waals surface area contributed by atoms with Gasteiger partial charge in [0.05, 0.1) is 23.9 Å². The number of benzene rings is 1. The molecule has 1 rings (SSSR count). The Hall–Kier alpha value is -1.30. The first-order valence-electron chi connectivity index (χ1n) is 6.02. The number of nitrogens with two attached hydrogens (primary N) is 1. The molecule has 3 N–H and O–H groups in total. The van der Waals surface area contributed by atoms with Gasteiger partial charge >= 0.3 is 0 Å². The van der Waals surface area contributed by atoms with Crippen LogP contribution in [0.1, 0.15) is 5.56 Å². The van der Waals surface area contributed by atoms with Gasteiger partial charge < -0.3 is 20.7 Å². The lowest BCUT2D eigenvalue weighted by atomic mass is 10.2. The van der Waals surface area contributed by atoms with Crippen molar-refractivity contribution in [1.29, 1.82) is 0 Å². The summed E-state index contributed by atoms with van der Waals surface area (Å²) in [6.45, 7) is 2.33. The van der Waals surface area contributed by atoms with E-state index in [1.807, 2.05) is 18.2 Å². The lowest BCUT2D eigenvalue weighted by molar-refractivity contribution is -0.116. The van der Waals surface area contributed by atoms with Gasteiger partial charge in [-0.15, -0.1) is 0 Å². The highest BCUT2D eigenvalue weighted by Crippen LogP contribution is 2.25. The van der Waals surface area contributed by atoms with E-state index >= 15 is 0 Å². The zero-order valence-corrected chi connectivity index (χ0v) is 12.0. The molecule has 0 aromatic heterocycles. The van der Waals surface area contributed by atoms with Crippen LogP contribution in [0.4, 0.5) is 5.69 Å². The SMILES string of the molecule is COCCNCc1ccc(N(C)CC(N)=O)c(Cl)c1. The number of halogens is 1. The van der Waals surface area contributed by atoms with Crippen molar-refractivity contribution in [3.63, 3.8) is 0 Å². The zero-order chi connectivity index (χ0) is 14.3. The predicted octanol–water partition coefficient (Wildman–Crippen LogP) is 0.997. The van der Waals surface area contributed by atoms with Crippen LogP contribution < -0.4 is 16.0 Å². The topological polar surface area (TPSA) is 67.6 Å². The second kappa shape index (κ2) is 7.99. The fourth-order valence-electron chi connectivity index (χ4n) is 1.70. The summed E-state index contributed by atoms with van der Waals surface area (Å²) in [5, 5.41) is 3.85. The van der Waals surface area contributed by atoms with Gasteiger partial charge in [0.15, 0.2) is 0 Å². The third kappa shape index (κ3) is 5.46. The first kappa shape index (κ1) is 15.8. The molecule has 0 saturated heterocycles. The van der Waals surface area contributed by atoms with Crippen LogP contribution in [0, 0.1) is 0 Å². The molecule has 1 amide bonds. The van der Waals surface area contributed by atoms with Gasteiger partial charge in [-0.3, -0.25) is 4.79 Å². The number of rotatable bonds is 8. The maximum absolute atomic E-state index is 10.9. The van der Waals surface area contributed by atoms with Crippen molar-refractivity contribution < 1.29 is 9.53 Å². The average Bonchev–Trinajstić information content (AvgIpc) is 2.33. The van der Waals surface area contributed by atoms with Crippen LogP contribution in [-0.4, -0.2) is 39.8 Å². The minimum Gasteiger partial charge on any atom is -0.383 e. The maximum atomic E-state index is 10.9. The summed E-state index contributed by atoms with van der Waals surface area (Å²) < 4.78 is 4.95. The number of carbonyl (C=O) groups excluding carboxylic acids is 1. The molecule has 0 bridgehead atoms. The number of primary amides is 1. The van der Waals surface area contributed by atoms with Crippen molar-refractivity contribution in [1.82, 2.24) is 5.32 Å². The first-order valence-corrected chi connectivity index (χ1v) is 6.40. The molecular formula is C13H20ClN3O2. The van der Waals surface area contributed by atoms with E-state index in [1.165, 1.54) is 0 Å². The molecule has 6 heteroatoms. The molecular weight excluding hydrogens is 266 g/mol. The van der Waals surface area contributed by atoms with Crippen molar-refractivity contribution in [3.8, 4) is 0 Å². The monoisotopic (exact) mass is 285 g/mol. The molecule has 0 unspecified atom stereocenters. The fourth-order valence-corrected chi connectivity index (χ4v) is 2.04. The normalized spacial score (nSPS) is 10.5. The average molecular weight is 286 g/mol. The fraction of sp³-hybridized carbons (Fsp3) is 0.462. The first-order chi connectivity index (χ1) is 9.04. The lowest BCUT2D eigenvalue weighted by Crippen LogP contribution is -2.30. The Morgan fingerprint density at radius 2 is 2.26 bits per heavy atom. The van der Waals surface area contributed by atoms with Crippen LogP contribution >= 0.6 is 11.6 Å². The van der Waals surface area contributed by atoms with Crippen LogP contribution in [0.25, 0.3) is 0 Å². The van der Waals surface area contributed by atoms with Crippen LogP contribution in [0.2, 0.25) is 5.02 Å². The van der Waals surface area contributed by atoms with Crippen molar-refractivity contribution in [3.05, 3.63) is 28.8 Å². The van der Waals surface area contributed by atoms with E-state index in [0.717, 1.165) is 24.3 Å². The third-order valence-corrected chi connectivity index (χ3v) is 2.93. The van der Waals surface area contributed by atoms with Crippen LogP contribution in [0.15, 0.2) is 18.2 Å². The van der Waals surface area contributed by atoms with E-state index in [9.17, 15) is 4.79 Å². The molecule has 0 aliphatic heterocycles. The van der Waals surface area contributed by atoms with Crippen molar-refractivity contribution in [2.24, 2.45) is 5.73 Å². The number of hydrogen-bond acceptors (Lipinski definition) is 4. The molecule has 106 valence electrons. The highest BCUT2D eigenvalue weighted by molar-refractivity contribution is 6.33. The molecule has 1 aromatic carbocycles. The molecule has 5 nitrogen and oxygen atoms in total. The molecule has 0 spiro atoms. The quantitative estimate of drug-likeness (QED) is 0.699. The predicted molar refractivity (Wildman–Crippen MR) is 77.5 cm³/mol. The summed E-state index contributed by atoms with van der Waals surface area (Å²) in [4.78, 5) is 12.6. The second-order valence-electron chi connectivity index (χ2n) is 4.28. The number of nitrogens with zero attached hydrogens (tertiary/aromatic N) is 1. The lowest BCUT2D eigenvalue weighted by Gasteiger charge is -2.19. The summed E-state index contributed by atoms with van der Waals surface area (Å²) >= 11 is 6.20. The molecule has 0 fully saturated rings. The number of carbonyl (C=O) groups is 1. The summed E-state index contributed by atoms with van der Waals surface area (Å²) in [5.74, 6) is -0.385. The summed E-state index contributed by atoms with van der Waals surface area (Å²) in [6.07, 6.45) is 0. The van der Waals surface area contributed by atoms with Gasteiger partial charge in [-0.25, -0.2) is 0 Å². The number of amides is 1. The van der Waals surface area contributed by atoms with Gasteiger partial charge in [0.2, 0.25) is 5.91 Å². The number of anilines is 1. The van der Waals surface area contributed by atoms with Gasteiger partial charge in [-0.2, -0.15) is 0 Å². The molecule has 1 aromatic rings. The zero-order valence-electron chi connectivity index (χ0n) is 11.3. The third-order valence-electron chi connectivity index (χ3n) is 2.63. The van der Waals surface area contributed by atoms with E-state index in [1.54, 1.807) is 19.1 Å². The van der Waals surface area contributed by atoms with Crippen molar-refractivity contribution >= 4 is 23.2 Å². The summed E-state index contributed by atoms with van der Waals surface area (Å²) in [7, 11) is 3.45. The van der Waals surface area contributed by atoms with Crippen LogP contribution in [0.5, 0.6) is 0 Å². The van der Waals surface area contributed by atoms with Gasteiger partial charge in [-0.1, -0.05) is 17.7 Å². The molecule has 0 heterocycles. The molecule has 0 aliphatic carbocycles. The second-order valence-corrected chi connectivity index (χ2v) is 4.68. The largest absolute Gasteiger partial charge is 0.383 e. The summed E-state index contributed by atoms with van der Waals surface area (Å²) in [5.41, 5.74) is 7.03. The Balaban J connectivity index is 2.61. The Morgan fingerprint density at radius 1 is 1.53 bits per heavy atom. The number of likely N-dealkylation sites (N-methyl/N-ethyl adjacent to an activating group) is 1. The van der Waals surface area contributed by atoms with Gasteiger partial charge in [0.1, 0.15) is 0 Å². The van der Waals surface area contributed by atoms with E-state index < -0.39 is 0 Å². The highest BCUT2D eigenvalue weighted by Gasteiger charge is 2.08. The van der Waals surface area contributed by atoms with Gasteiger partial charge in [0.25, 0.3) is 0 Å². The van der Waals surface area contributed by atoms with E-state index in [2.05, 4.69) is 5.32 Å². The Kier molecular flexibility index (Phi) is 6.62. The molecule has 19 heavy (non-hydrogen) atoms. The van der Waals surface area contributed by atoms with Crippen molar-refractivity contribution in [2.75, 3.05) is 38.8 Å². The van der Waals surface area contributed by atoms with Crippen molar-refractivity contribution in [2.45, 2.75) is 6.54 Å². The van der Waals surface area contributed by atoms with Crippen LogP contribution in [-0.2, 0) is 16.1 Å². The van der Waals surface area contributed by atoms with E-state index in [4.69, 9.17) is 22.1 Å². The standard InChI is InChI=1S/C13H20ClN3O2/c1-17(9-13(15)18)12-4-3-10(7-11(12)14)8-16-5-6-19-2/h3-4,7,16H,5-6,8-9H2,1-2H3,(H2,15,18). The summed E-state index contributed by atoms with van der Waals surface area (Å²) in [6, 6.07) is 5.74. The van der Waals surface area contributed by atoms with E-state index in [-0.39, 0.29) is 12.5 Å². The number of hydrogen-bond donors (Lipinski definition) is 2. The number of methoxy groups -OCH3 is 1. The molecule has 0 saturated carbocycles. The molecule has 0 aliphatic rings. The molecule has 0 radical (unpaired) electrons. The highest BCUT2D eigenvalue weighted by atomic mass is 35.5. The Labute approximate surface area is 118 Å². The number of nitrogens with one attached hydrogen (secondary N) is 1. The van der Waals surface area contributed by atoms with Gasteiger partial charge in [0, 0.05) is 27.2 Å². The smallest absolute Gasteiger partial charge is 0.236 e. The minimum absolute atomic E-state index is 0.144. The maximum Gasteiger partial charge on any atom is 0.236 e. The Bertz CT molecular complexity index is 426. The van der Waals surface area contributed by atoms with Gasteiger partial charge in [-0.05, 0) is 17.7 Å². The van der Waals surface area contributed by atoms with E-state index in [0.29, 0.717) is 11.6 Å². The number of ether oxygens (including phenoxy) is 1.